The number of carbonyl (C=O) groups is 1. The van der Waals surface area contributed by atoms with Gasteiger partial charge < -0.3 is 9.88 Å². The summed E-state index contributed by atoms with van der Waals surface area (Å²) < 4.78 is 1.87. The molecule has 0 radical (unpaired) electrons. The fourth-order valence-electron chi connectivity index (χ4n) is 2.96. The second-order valence-corrected chi connectivity index (χ2v) is 7.39. The zero-order chi connectivity index (χ0) is 16.9. The van der Waals surface area contributed by atoms with Gasteiger partial charge >= 0.3 is 0 Å². The molecular weight excluding hydrogens is 344 g/mol. The molecule has 0 aliphatic heterocycles. The highest BCUT2D eigenvalue weighted by molar-refractivity contribution is 7.99. The number of hydrogen-bond acceptors (Lipinski definition) is 4. The van der Waals surface area contributed by atoms with E-state index in [0.29, 0.717) is 27.8 Å². The van der Waals surface area contributed by atoms with Gasteiger partial charge in [0.25, 0.3) is 0 Å². The third-order valence-electron chi connectivity index (χ3n) is 4.25. The topological polar surface area (TPSA) is 59.8 Å². The summed E-state index contributed by atoms with van der Waals surface area (Å²) in [5.41, 5.74) is 0.840. The molecule has 0 saturated heterocycles. The van der Waals surface area contributed by atoms with E-state index < -0.39 is 0 Å². The van der Waals surface area contributed by atoms with Crippen molar-refractivity contribution in [1.82, 2.24) is 20.1 Å². The van der Waals surface area contributed by atoms with E-state index in [2.05, 4.69) is 15.5 Å². The molecule has 1 aliphatic carbocycles. The average Bonchev–Trinajstić information content (AvgIpc) is 2.95. The summed E-state index contributed by atoms with van der Waals surface area (Å²) in [4.78, 5) is 12.1. The molecule has 0 atom stereocenters. The van der Waals surface area contributed by atoms with Gasteiger partial charge in [0.1, 0.15) is 0 Å². The molecule has 0 unspecified atom stereocenters. The van der Waals surface area contributed by atoms with Crippen LogP contribution in [0, 0.1) is 0 Å². The molecule has 2 aromatic rings. The summed E-state index contributed by atoms with van der Waals surface area (Å²) >= 11 is 7.62. The van der Waals surface area contributed by atoms with E-state index >= 15 is 0 Å². The Morgan fingerprint density at radius 1 is 1.29 bits per heavy atom. The van der Waals surface area contributed by atoms with E-state index in [4.69, 9.17) is 11.6 Å². The van der Waals surface area contributed by atoms with Crippen molar-refractivity contribution in [3.8, 4) is 11.4 Å². The molecule has 0 bridgehead atoms. The number of benzene rings is 1. The van der Waals surface area contributed by atoms with Crippen LogP contribution < -0.4 is 5.32 Å². The SMILES string of the molecule is Cn1c(SCC(=O)NC2CCCCC2)nnc1-c1ccccc1Cl. The Balaban J connectivity index is 1.60. The number of halogens is 1. The highest BCUT2D eigenvalue weighted by Gasteiger charge is 2.18. The lowest BCUT2D eigenvalue weighted by Gasteiger charge is -2.22. The number of nitrogens with one attached hydrogen (secondary N) is 1. The lowest BCUT2D eigenvalue weighted by molar-refractivity contribution is -0.119. The van der Waals surface area contributed by atoms with Crippen LogP contribution in [0.5, 0.6) is 0 Å². The Morgan fingerprint density at radius 2 is 2.04 bits per heavy atom. The smallest absolute Gasteiger partial charge is 0.230 e. The normalized spacial score (nSPS) is 15.4. The first-order valence-electron chi connectivity index (χ1n) is 8.21. The van der Waals surface area contributed by atoms with Gasteiger partial charge in [0.05, 0.1) is 10.8 Å². The standard InChI is InChI=1S/C17H21ClN4OS/c1-22-16(13-9-5-6-10-14(13)18)20-21-17(22)24-11-15(23)19-12-7-3-2-4-8-12/h5-6,9-10,12H,2-4,7-8,11H2,1H3,(H,19,23). The number of aromatic nitrogens is 3. The number of carbonyl (C=O) groups excluding carboxylic acids is 1. The molecule has 3 rings (SSSR count). The molecule has 1 aromatic heterocycles. The van der Waals surface area contributed by atoms with Crippen molar-refractivity contribution in [2.24, 2.45) is 7.05 Å². The summed E-state index contributed by atoms with van der Waals surface area (Å²) in [5.74, 6) is 1.12. The van der Waals surface area contributed by atoms with Crippen molar-refractivity contribution in [3.63, 3.8) is 0 Å². The maximum absolute atomic E-state index is 12.1. The Morgan fingerprint density at radius 3 is 2.79 bits per heavy atom. The van der Waals surface area contributed by atoms with Gasteiger partial charge in [-0.15, -0.1) is 10.2 Å². The molecule has 1 fully saturated rings. The Labute approximate surface area is 151 Å². The molecule has 1 saturated carbocycles. The minimum absolute atomic E-state index is 0.0641. The first-order chi connectivity index (χ1) is 11.6. The lowest BCUT2D eigenvalue weighted by Crippen LogP contribution is -2.37. The van der Waals surface area contributed by atoms with Crippen LogP contribution in [0.4, 0.5) is 0 Å². The molecule has 1 amide bonds. The number of rotatable bonds is 5. The Hall–Kier alpha value is -1.53. The maximum Gasteiger partial charge on any atom is 0.230 e. The van der Waals surface area contributed by atoms with E-state index in [-0.39, 0.29) is 5.91 Å². The average molecular weight is 365 g/mol. The zero-order valence-electron chi connectivity index (χ0n) is 13.7. The van der Waals surface area contributed by atoms with Crippen molar-refractivity contribution in [1.29, 1.82) is 0 Å². The third-order valence-corrected chi connectivity index (χ3v) is 5.60. The van der Waals surface area contributed by atoms with Crippen molar-refractivity contribution in [2.45, 2.75) is 43.3 Å². The van der Waals surface area contributed by atoms with Crippen LogP contribution in [-0.4, -0.2) is 32.5 Å². The first kappa shape index (κ1) is 17.3. The van der Waals surface area contributed by atoms with Gasteiger partial charge in [0.15, 0.2) is 11.0 Å². The van der Waals surface area contributed by atoms with E-state index in [0.717, 1.165) is 18.4 Å². The highest BCUT2D eigenvalue weighted by atomic mass is 35.5. The number of amides is 1. The number of thioether (sulfide) groups is 1. The molecule has 1 N–H and O–H groups in total. The summed E-state index contributed by atoms with van der Waals surface area (Å²) in [6.45, 7) is 0. The minimum atomic E-state index is 0.0641. The van der Waals surface area contributed by atoms with Crippen LogP contribution in [0.15, 0.2) is 29.4 Å². The Bertz CT molecular complexity index is 712. The zero-order valence-corrected chi connectivity index (χ0v) is 15.2. The molecular formula is C17H21ClN4OS. The molecule has 128 valence electrons. The predicted molar refractivity (Wildman–Crippen MR) is 97.2 cm³/mol. The third kappa shape index (κ3) is 4.11. The van der Waals surface area contributed by atoms with Gasteiger partial charge in [-0.25, -0.2) is 0 Å². The highest BCUT2D eigenvalue weighted by Crippen LogP contribution is 2.28. The van der Waals surface area contributed by atoms with Gasteiger partial charge in [-0.2, -0.15) is 0 Å². The molecule has 24 heavy (non-hydrogen) atoms. The summed E-state index contributed by atoms with van der Waals surface area (Å²) in [5, 5.41) is 12.9. The molecule has 1 heterocycles. The number of nitrogens with zero attached hydrogens (tertiary/aromatic N) is 3. The van der Waals surface area contributed by atoms with Gasteiger partial charge in [0.2, 0.25) is 5.91 Å². The van der Waals surface area contributed by atoms with Gasteiger partial charge in [-0.1, -0.05) is 54.8 Å². The van der Waals surface area contributed by atoms with E-state index in [1.54, 1.807) is 0 Å². The largest absolute Gasteiger partial charge is 0.353 e. The molecule has 0 spiro atoms. The molecule has 1 aliphatic rings. The monoisotopic (exact) mass is 364 g/mol. The van der Waals surface area contributed by atoms with Crippen molar-refractivity contribution in [3.05, 3.63) is 29.3 Å². The lowest BCUT2D eigenvalue weighted by atomic mass is 9.95. The summed E-state index contributed by atoms with van der Waals surface area (Å²) in [7, 11) is 1.89. The second-order valence-electron chi connectivity index (χ2n) is 6.04. The minimum Gasteiger partial charge on any atom is -0.353 e. The number of hydrogen-bond donors (Lipinski definition) is 1. The second kappa shape index (κ2) is 8.03. The fourth-order valence-corrected chi connectivity index (χ4v) is 3.91. The first-order valence-corrected chi connectivity index (χ1v) is 9.58. The van der Waals surface area contributed by atoms with Gasteiger partial charge in [-0.05, 0) is 25.0 Å². The fraction of sp³-hybridized carbons (Fsp3) is 0.471. The van der Waals surface area contributed by atoms with Crippen molar-refractivity contribution in [2.75, 3.05) is 5.75 Å². The maximum atomic E-state index is 12.1. The van der Waals surface area contributed by atoms with Crippen LogP contribution in [0.3, 0.4) is 0 Å². The summed E-state index contributed by atoms with van der Waals surface area (Å²) in [6, 6.07) is 7.88. The van der Waals surface area contributed by atoms with Crippen LogP contribution >= 0.6 is 23.4 Å². The summed E-state index contributed by atoms with van der Waals surface area (Å²) in [6.07, 6.45) is 5.89. The van der Waals surface area contributed by atoms with Gasteiger partial charge in [-0.3, -0.25) is 4.79 Å². The Kier molecular flexibility index (Phi) is 5.79. The van der Waals surface area contributed by atoms with Crippen LogP contribution in [0.2, 0.25) is 5.02 Å². The molecule has 1 aromatic carbocycles. The van der Waals surface area contributed by atoms with E-state index in [9.17, 15) is 4.79 Å². The van der Waals surface area contributed by atoms with E-state index in [1.807, 2.05) is 35.9 Å². The van der Waals surface area contributed by atoms with Crippen molar-refractivity contribution < 1.29 is 4.79 Å². The van der Waals surface area contributed by atoms with Crippen LogP contribution in [-0.2, 0) is 11.8 Å². The van der Waals surface area contributed by atoms with Crippen LogP contribution in [0.25, 0.3) is 11.4 Å². The predicted octanol–water partition coefficient (Wildman–Crippen LogP) is 3.68. The van der Waals surface area contributed by atoms with E-state index in [1.165, 1.54) is 31.0 Å². The van der Waals surface area contributed by atoms with Crippen LogP contribution in [0.1, 0.15) is 32.1 Å². The molecule has 5 nitrogen and oxygen atoms in total. The van der Waals surface area contributed by atoms with Gasteiger partial charge in [0, 0.05) is 18.7 Å². The quantitative estimate of drug-likeness (QED) is 0.822. The molecule has 7 heteroatoms. The van der Waals surface area contributed by atoms with Crippen molar-refractivity contribution >= 4 is 29.3 Å².